The van der Waals surface area contributed by atoms with Gasteiger partial charge in [0.25, 0.3) is 0 Å². The van der Waals surface area contributed by atoms with E-state index in [4.69, 9.17) is 5.11 Å². The summed E-state index contributed by atoms with van der Waals surface area (Å²) in [4.78, 5) is 12.4. The lowest BCUT2D eigenvalue weighted by atomic mass is 9.97. The van der Waals surface area contributed by atoms with Crippen molar-refractivity contribution in [1.82, 2.24) is 4.90 Å². The SMILES string of the molecule is O=C(O)c1cccc(CN2CCCC(C(F)(F)F)C2)c1F. The molecule has 0 radical (unpaired) electrons. The predicted molar refractivity (Wildman–Crippen MR) is 67.4 cm³/mol. The predicted octanol–water partition coefficient (Wildman–Crippen LogP) is 3.30. The van der Waals surface area contributed by atoms with Crippen molar-refractivity contribution in [2.75, 3.05) is 13.1 Å². The molecular formula is C14H15F4NO2. The lowest BCUT2D eigenvalue weighted by molar-refractivity contribution is -0.187. The Hall–Kier alpha value is -1.63. The Balaban J connectivity index is 2.12. The van der Waals surface area contributed by atoms with Crippen molar-refractivity contribution < 1.29 is 27.5 Å². The first-order valence-electron chi connectivity index (χ1n) is 6.59. The first-order valence-corrected chi connectivity index (χ1v) is 6.59. The summed E-state index contributed by atoms with van der Waals surface area (Å²) in [6, 6.07) is 3.93. The van der Waals surface area contributed by atoms with Gasteiger partial charge in [0.05, 0.1) is 11.5 Å². The van der Waals surface area contributed by atoms with Gasteiger partial charge in [-0.2, -0.15) is 13.2 Å². The van der Waals surface area contributed by atoms with Gasteiger partial charge in [-0.15, -0.1) is 0 Å². The second kappa shape index (κ2) is 6.01. The summed E-state index contributed by atoms with van der Waals surface area (Å²) in [5.74, 6) is -3.67. The number of nitrogens with zero attached hydrogens (tertiary/aromatic N) is 1. The summed E-state index contributed by atoms with van der Waals surface area (Å²) >= 11 is 0. The van der Waals surface area contributed by atoms with Gasteiger partial charge in [0.1, 0.15) is 5.82 Å². The van der Waals surface area contributed by atoms with Crippen molar-refractivity contribution in [3.63, 3.8) is 0 Å². The van der Waals surface area contributed by atoms with Crippen molar-refractivity contribution in [2.45, 2.75) is 25.6 Å². The maximum atomic E-state index is 14.0. The Kier molecular flexibility index (Phi) is 4.51. The highest BCUT2D eigenvalue weighted by Gasteiger charge is 2.41. The highest BCUT2D eigenvalue weighted by molar-refractivity contribution is 5.88. The average Bonchev–Trinajstić information content (AvgIpc) is 2.40. The molecule has 0 aromatic heterocycles. The highest BCUT2D eigenvalue weighted by atomic mass is 19.4. The minimum Gasteiger partial charge on any atom is -0.478 e. The Morgan fingerprint density at radius 1 is 1.38 bits per heavy atom. The first-order chi connectivity index (χ1) is 9.79. The minimum absolute atomic E-state index is 0.0144. The molecule has 3 nitrogen and oxygen atoms in total. The van der Waals surface area contributed by atoms with Gasteiger partial charge in [-0.25, -0.2) is 9.18 Å². The number of carbonyl (C=O) groups is 1. The zero-order valence-corrected chi connectivity index (χ0v) is 11.2. The van der Waals surface area contributed by atoms with E-state index < -0.39 is 29.4 Å². The third-order valence-electron chi connectivity index (χ3n) is 3.67. The quantitative estimate of drug-likeness (QED) is 0.871. The molecule has 1 unspecified atom stereocenters. The third kappa shape index (κ3) is 3.72. The van der Waals surface area contributed by atoms with E-state index in [1.807, 2.05) is 0 Å². The molecule has 1 aliphatic rings. The summed E-state index contributed by atoms with van der Waals surface area (Å²) in [6.45, 7) is 0.253. The molecule has 116 valence electrons. The molecule has 2 rings (SSSR count). The number of carboxylic acids is 1. The molecule has 0 spiro atoms. The molecule has 1 atom stereocenters. The fourth-order valence-electron chi connectivity index (χ4n) is 2.57. The van der Waals surface area contributed by atoms with Crippen LogP contribution in [0, 0.1) is 11.7 Å². The summed E-state index contributed by atoms with van der Waals surface area (Å²) in [5.41, 5.74) is -0.352. The molecule has 0 bridgehead atoms. The number of aromatic carboxylic acids is 1. The van der Waals surface area contributed by atoms with Crippen LogP contribution in [0.25, 0.3) is 0 Å². The topological polar surface area (TPSA) is 40.5 Å². The Morgan fingerprint density at radius 2 is 2.10 bits per heavy atom. The second-order valence-electron chi connectivity index (χ2n) is 5.20. The highest BCUT2D eigenvalue weighted by Crippen LogP contribution is 2.33. The summed E-state index contributed by atoms with van der Waals surface area (Å²) in [6.07, 6.45) is -3.78. The molecule has 1 N–H and O–H groups in total. The lowest BCUT2D eigenvalue weighted by Crippen LogP contribution is -2.41. The molecule has 1 aromatic rings. The van der Waals surface area contributed by atoms with Crippen LogP contribution in [-0.2, 0) is 6.54 Å². The monoisotopic (exact) mass is 305 g/mol. The van der Waals surface area contributed by atoms with Gasteiger partial charge < -0.3 is 5.11 Å². The number of likely N-dealkylation sites (tertiary alicyclic amines) is 1. The molecular weight excluding hydrogens is 290 g/mol. The van der Waals surface area contributed by atoms with Crippen LogP contribution in [0.4, 0.5) is 17.6 Å². The molecule has 1 aliphatic heterocycles. The van der Waals surface area contributed by atoms with Gasteiger partial charge >= 0.3 is 12.1 Å². The number of hydrogen-bond acceptors (Lipinski definition) is 2. The molecule has 1 aromatic carbocycles. The maximum Gasteiger partial charge on any atom is 0.393 e. The van der Waals surface area contributed by atoms with E-state index in [0.29, 0.717) is 13.0 Å². The van der Waals surface area contributed by atoms with Crippen LogP contribution in [-0.4, -0.2) is 35.2 Å². The Morgan fingerprint density at radius 3 is 2.71 bits per heavy atom. The van der Waals surface area contributed by atoms with E-state index >= 15 is 0 Å². The van der Waals surface area contributed by atoms with E-state index in [0.717, 1.165) is 6.07 Å². The van der Waals surface area contributed by atoms with Crippen LogP contribution in [0.2, 0.25) is 0 Å². The van der Waals surface area contributed by atoms with Crippen LogP contribution in [0.1, 0.15) is 28.8 Å². The summed E-state index contributed by atoms with van der Waals surface area (Å²) < 4.78 is 52.2. The van der Waals surface area contributed by atoms with Crippen molar-refractivity contribution >= 4 is 5.97 Å². The smallest absolute Gasteiger partial charge is 0.393 e. The molecule has 1 fully saturated rings. The van der Waals surface area contributed by atoms with Crippen molar-refractivity contribution in [2.24, 2.45) is 5.92 Å². The number of carboxylic acid groups (broad SMARTS) is 1. The molecule has 21 heavy (non-hydrogen) atoms. The van der Waals surface area contributed by atoms with E-state index in [9.17, 15) is 22.4 Å². The molecule has 1 heterocycles. The standard InChI is InChI=1S/C14H15F4NO2/c15-12-9(3-1-5-11(12)13(20)21)7-19-6-2-4-10(8-19)14(16,17)18/h1,3,5,10H,2,4,6-8H2,(H,20,21). The number of alkyl halides is 3. The third-order valence-corrected chi connectivity index (χ3v) is 3.67. The van der Waals surface area contributed by atoms with Crippen LogP contribution in [0.3, 0.4) is 0 Å². The second-order valence-corrected chi connectivity index (χ2v) is 5.20. The van der Waals surface area contributed by atoms with Gasteiger partial charge in [0.2, 0.25) is 0 Å². The van der Waals surface area contributed by atoms with Gasteiger partial charge in [-0.1, -0.05) is 12.1 Å². The first kappa shape index (κ1) is 15.8. The van der Waals surface area contributed by atoms with E-state index in [-0.39, 0.29) is 25.1 Å². The van der Waals surface area contributed by atoms with Crippen LogP contribution in [0.15, 0.2) is 18.2 Å². The minimum atomic E-state index is -4.25. The Bertz CT molecular complexity index is 530. The molecule has 0 saturated carbocycles. The fraction of sp³-hybridized carbons (Fsp3) is 0.500. The average molecular weight is 305 g/mol. The van der Waals surface area contributed by atoms with Gasteiger partial charge in [0, 0.05) is 18.7 Å². The van der Waals surface area contributed by atoms with Crippen molar-refractivity contribution in [3.8, 4) is 0 Å². The van der Waals surface area contributed by atoms with Gasteiger partial charge in [0.15, 0.2) is 0 Å². The number of halogens is 4. The van der Waals surface area contributed by atoms with Crippen molar-refractivity contribution in [1.29, 1.82) is 0 Å². The summed E-state index contributed by atoms with van der Waals surface area (Å²) in [7, 11) is 0. The largest absolute Gasteiger partial charge is 0.478 e. The van der Waals surface area contributed by atoms with E-state index in [1.165, 1.54) is 17.0 Å². The zero-order valence-electron chi connectivity index (χ0n) is 11.2. The summed E-state index contributed by atoms with van der Waals surface area (Å²) in [5, 5.41) is 8.84. The Labute approximate surface area is 119 Å². The van der Waals surface area contributed by atoms with Gasteiger partial charge in [-0.3, -0.25) is 4.90 Å². The molecule has 0 aliphatic carbocycles. The number of benzene rings is 1. The number of rotatable bonds is 3. The molecule has 7 heteroatoms. The maximum absolute atomic E-state index is 14.0. The van der Waals surface area contributed by atoms with Gasteiger partial charge in [-0.05, 0) is 25.5 Å². The molecule has 0 amide bonds. The molecule has 1 saturated heterocycles. The zero-order chi connectivity index (χ0) is 15.6. The van der Waals surface area contributed by atoms with Crippen LogP contribution >= 0.6 is 0 Å². The van der Waals surface area contributed by atoms with Crippen LogP contribution in [0.5, 0.6) is 0 Å². The number of hydrogen-bond donors (Lipinski definition) is 1. The number of piperidine rings is 1. The van der Waals surface area contributed by atoms with Crippen LogP contribution < -0.4 is 0 Å². The fourth-order valence-corrected chi connectivity index (χ4v) is 2.57. The van der Waals surface area contributed by atoms with E-state index in [1.54, 1.807) is 0 Å². The lowest BCUT2D eigenvalue weighted by Gasteiger charge is -2.33. The van der Waals surface area contributed by atoms with Crippen molar-refractivity contribution in [3.05, 3.63) is 35.1 Å². The van der Waals surface area contributed by atoms with E-state index in [2.05, 4.69) is 0 Å². The normalized spacial score (nSPS) is 20.5.